The fourth-order valence-electron chi connectivity index (χ4n) is 5.09. The monoisotopic (exact) mass is 537 g/mol. The molecule has 6 rings (SSSR count). The molecule has 1 aliphatic heterocycles. The molecule has 5 aromatic rings. The van der Waals surface area contributed by atoms with Gasteiger partial charge in [0.15, 0.2) is 11.5 Å². The Morgan fingerprint density at radius 2 is 1.80 bits per heavy atom. The Morgan fingerprint density at radius 3 is 2.60 bits per heavy atom. The summed E-state index contributed by atoms with van der Waals surface area (Å²) in [6, 6.07) is 11.8. The van der Waals surface area contributed by atoms with Crippen LogP contribution in [0.4, 0.5) is 11.5 Å². The lowest BCUT2D eigenvalue weighted by Gasteiger charge is -2.31. The van der Waals surface area contributed by atoms with E-state index in [2.05, 4.69) is 31.5 Å². The number of aromatic nitrogens is 6. The maximum absolute atomic E-state index is 12.5. The summed E-state index contributed by atoms with van der Waals surface area (Å²) in [4.78, 5) is 25.1. The van der Waals surface area contributed by atoms with E-state index in [-0.39, 0.29) is 5.91 Å². The lowest BCUT2D eigenvalue weighted by molar-refractivity contribution is -0.127. The van der Waals surface area contributed by atoms with Crippen LogP contribution in [0.15, 0.2) is 73.7 Å². The van der Waals surface area contributed by atoms with Gasteiger partial charge >= 0.3 is 0 Å². The van der Waals surface area contributed by atoms with E-state index in [9.17, 15) is 4.79 Å². The number of nitrogens with one attached hydrogen (secondary N) is 1. The molecular formula is C29H31N9O2. The third-order valence-electron chi connectivity index (χ3n) is 7.16. The van der Waals surface area contributed by atoms with Crippen molar-refractivity contribution in [1.82, 2.24) is 39.0 Å². The maximum atomic E-state index is 12.5. The molecule has 0 spiro atoms. The Bertz CT molecular complexity index is 1700. The van der Waals surface area contributed by atoms with E-state index in [1.54, 1.807) is 23.1 Å². The quantitative estimate of drug-likeness (QED) is 0.305. The number of piperidine rings is 1. The van der Waals surface area contributed by atoms with Gasteiger partial charge in [-0.15, -0.1) is 0 Å². The van der Waals surface area contributed by atoms with Crippen LogP contribution < -0.4 is 10.1 Å². The van der Waals surface area contributed by atoms with Gasteiger partial charge in [0.1, 0.15) is 29.7 Å². The van der Waals surface area contributed by atoms with Gasteiger partial charge in [0, 0.05) is 63.6 Å². The Morgan fingerprint density at radius 1 is 1.02 bits per heavy atom. The first kappa shape index (κ1) is 25.4. The minimum atomic E-state index is 0.0569. The van der Waals surface area contributed by atoms with Gasteiger partial charge in [0.25, 0.3) is 0 Å². The maximum Gasteiger partial charge on any atom is 0.248 e. The van der Waals surface area contributed by atoms with Gasteiger partial charge in [0.2, 0.25) is 5.91 Å². The van der Waals surface area contributed by atoms with E-state index in [0.717, 1.165) is 59.9 Å². The fourth-order valence-corrected chi connectivity index (χ4v) is 5.09. The van der Waals surface area contributed by atoms with E-state index >= 15 is 0 Å². The summed E-state index contributed by atoms with van der Waals surface area (Å²) in [6.07, 6.45) is 12.1. The number of rotatable bonds is 7. The van der Waals surface area contributed by atoms with Crippen LogP contribution in [0, 0.1) is 6.92 Å². The normalized spacial score (nSPS) is 14.3. The molecule has 11 heteroatoms. The molecule has 0 bridgehead atoms. The van der Waals surface area contributed by atoms with Crippen molar-refractivity contribution in [2.45, 2.75) is 25.7 Å². The van der Waals surface area contributed by atoms with Crippen molar-refractivity contribution in [1.29, 1.82) is 0 Å². The van der Waals surface area contributed by atoms with Crippen LogP contribution in [-0.4, -0.2) is 72.1 Å². The van der Waals surface area contributed by atoms with Crippen molar-refractivity contribution in [2.75, 3.05) is 32.5 Å². The van der Waals surface area contributed by atoms with Crippen molar-refractivity contribution in [3.63, 3.8) is 0 Å². The largest absolute Gasteiger partial charge is 0.457 e. The fraction of sp³-hybridized carbons (Fsp3) is 0.276. The number of likely N-dealkylation sites (tertiary alicyclic amines) is 1. The highest BCUT2D eigenvalue weighted by Crippen LogP contribution is 2.35. The van der Waals surface area contributed by atoms with Crippen LogP contribution >= 0.6 is 0 Å². The van der Waals surface area contributed by atoms with Gasteiger partial charge < -0.3 is 19.9 Å². The molecule has 0 radical (unpaired) electrons. The molecule has 5 heterocycles. The number of carbonyl (C=O) groups excluding carboxylic acids is 1. The molecule has 0 saturated carbocycles. The van der Waals surface area contributed by atoms with Crippen molar-refractivity contribution < 1.29 is 9.53 Å². The number of hydrogen-bond acceptors (Lipinski definition) is 8. The number of amides is 1. The predicted molar refractivity (Wildman–Crippen MR) is 152 cm³/mol. The van der Waals surface area contributed by atoms with Gasteiger partial charge in [-0.2, -0.15) is 10.2 Å². The summed E-state index contributed by atoms with van der Waals surface area (Å²) in [5.74, 6) is 2.57. The SMILES string of the molecule is Cc1cc(Nc2ncnn3ccc(C4CCN(C(=O)/C=C/N(C)C)CC4)c23)ccc1Oc1ccn2ncnc2c1. The van der Waals surface area contributed by atoms with Gasteiger partial charge in [-0.1, -0.05) is 0 Å². The zero-order valence-electron chi connectivity index (χ0n) is 22.7. The number of nitrogens with zero attached hydrogens (tertiary/aromatic N) is 8. The number of hydrogen-bond donors (Lipinski definition) is 1. The molecule has 4 aromatic heterocycles. The van der Waals surface area contributed by atoms with E-state index in [0.29, 0.717) is 11.7 Å². The van der Waals surface area contributed by atoms with E-state index in [1.807, 2.05) is 78.1 Å². The molecule has 1 N–H and O–H groups in total. The molecule has 1 aliphatic rings. The third-order valence-corrected chi connectivity index (χ3v) is 7.16. The number of carbonyl (C=O) groups is 1. The second-order valence-corrected chi connectivity index (χ2v) is 10.2. The molecule has 0 atom stereocenters. The molecule has 0 unspecified atom stereocenters. The number of benzene rings is 1. The molecule has 1 amide bonds. The van der Waals surface area contributed by atoms with E-state index in [4.69, 9.17) is 4.74 Å². The van der Waals surface area contributed by atoms with Crippen molar-refractivity contribution in [2.24, 2.45) is 0 Å². The first-order valence-corrected chi connectivity index (χ1v) is 13.3. The van der Waals surface area contributed by atoms with E-state index in [1.165, 1.54) is 11.9 Å². The molecule has 1 aromatic carbocycles. The minimum Gasteiger partial charge on any atom is -0.457 e. The summed E-state index contributed by atoms with van der Waals surface area (Å²) in [6.45, 7) is 3.46. The Labute approximate surface area is 231 Å². The Kier molecular flexibility index (Phi) is 6.77. The van der Waals surface area contributed by atoms with Crippen LogP contribution in [0.3, 0.4) is 0 Å². The van der Waals surface area contributed by atoms with Crippen molar-refractivity contribution in [3.05, 3.63) is 84.8 Å². The highest BCUT2D eigenvalue weighted by atomic mass is 16.5. The van der Waals surface area contributed by atoms with Crippen LogP contribution in [-0.2, 0) is 4.79 Å². The molecule has 1 saturated heterocycles. The lowest BCUT2D eigenvalue weighted by atomic mass is 9.90. The second-order valence-electron chi connectivity index (χ2n) is 10.2. The highest BCUT2D eigenvalue weighted by Gasteiger charge is 2.26. The van der Waals surface area contributed by atoms with Gasteiger partial charge in [0.05, 0.1) is 0 Å². The summed E-state index contributed by atoms with van der Waals surface area (Å²) < 4.78 is 9.69. The van der Waals surface area contributed by atoms with E-state index < -0.39 is 0 Å². The average Bonchev–Trinajstić information content (AvgIpc) is 3.61. The Balaban J connectivity index is 1.18. The van der Waals surface area contributed by atoms with Crippen LogP contribution in [0.5, 0.6) is 11.5 Å². The standard InChI is InChI=1S/C29H31N9O2/c1-20-16-22(4-5-25(20)40-23-8-14-37-26(17-23)30-18-32-37)34-29-28-24(9-15-38(28)33-19-31-29)21-6-12-36(13-7-21)27(39)10-11-35(2)3/h4-5,8-11,14-19,21H,6-7,12-13H2,1-3H3,(H,31,33,34)/b11-10+. The van der Waals surface area contributed by atoms with Gasteiger partial charge in [-0.25, -0.2) is 19.0 Å². The lowest BCUT2D eigenvalue weighted by Crippen LogP contribution is -2.37. The van der Waals surface area contributed by atoms with Crippen molar-refractivity contribution in [3.8, 4) is 11.5 Å². The minimum absolute atomic E-state index is 0.0569. The number of fused-ring (bicyclic) bond motifs is 2. The molecule has 1 fully saturated rings. The molecule has 40 heavy (non-hydrogen) atoms. The molecule has 204 valence electrons. The smallest absolute Gasteiger partial charge is 0.248 e. The summed E-state index contributed by atoms with van der Waals surface area (Å²) in [5.41, 5.74) is 4.76. The molecule has 0 aliphatic carbocycles. The van der Waals surface area contributed by atoms with Gasteiger partial charge in [-0.3, -0.25) is 4.79 Å². The topological polar surface area (TPSA) is 105 Å². The number of anilines is 2. The summed E-state index contributed by atoms with van der Waals surface area (Å²) in [7, 11) is 3.82. The highest BCUT2D eigenvalue weighted by molar-refractivity contribution is 5.87. The Hall–Kier alpha value is -4.93. The summed E-state index contributed by atoms with van der Waals surface area (Å²) >= 11 is 0. The first-order chi connectivity index (χ1) is 19.4. The van der Waals surface area contributed by atoms with Crippen LogP contribution in [0.25, 0.3) is 11.2 Å². The van der Waals surface area contributed by atoms with Gasteiger partial charge in [-0.05, 0) is 67.1 Å². The molecule has 11 nitrogen and oxygen atoms in total. The third kappa shape index (κ3) is 5.18. The molecular weight excluding hydrogens is 506 g/mol. The number of pyridine rings is 1. The zero-order chi connectivity index (χ0) is 27.6. The van der Waals surface area contributed by atoms with Crippen molar-refractivity contribution >= 4 is 28.6 Å². The average molecular weight is 538 g/mol. The second kappa shape index (κ2) is 10.7. The van der Waals surface area contributed by atoms with Crippen LogP contribution in [0.2, 0.25) is 0 Å². The zero-order valence-corrected chi connectivity index (χ0v) is 22.7. The predicted octanol–water partition coefficient (Wildman–Crippen LogP) is 4.40. The van der Waals surface area contributed by atoms with Crippen LogP contribution in [0.1, 0.15) is 29.9 Å². The number of aryl methyl sites for hydroxylation is 1. The number of ether oxygens (including phenoxy) is 1. The summed E-state index contributed by atoms with van der Waals surface area (Å²) in [5, 5.41) is 12.0. The first-order valence-electron chi connectivity index (χ1n) is 13.3.